The second kappa shape index (κ2) is 10.1. The third-order valence-electron chi connectivity index (χ3n) is 5.00. The van der Waals surface area contributed by atoms with Crippen molar-refractivity contribution in [2.24, 2.45) is 0 Å². The number of amides is 1. The fraction of sp³-hybridized carbons (Fsp3) is 0.208. The molecular weight excluding hydrogens is 448 g/mol. The summed E-state index contributed by atoms with van der Waals surface area (Å²) in [4.78, 5) is 12.4. The first-order chi connectivity index (χ1) is 15.2. The van der Waals surface area contributed by atoms with Gasteiger partial charge in [0.15, 0.2) is 6.61 Å². The minimum absolute atomic E-state index is 0.158. The molecule has 0 saturated carbocycles. The number of ether oxygens (including phenoxy) is 1. The summed E-state index contributed by atoms with van der Waals surface area (Å²) >= 11 is 5.89. The first-order valence-corrected chi connectivity index (χ1v) is 11.8. The molecule has 6 nitrogen and oxygen atoms in total. The SMILES string of the molecule is Cc1ccc(S(=O)(=O)N(C)c2ccc(OCC(=O)N[C@H](C)c3ccc(Cl)cc3)cc2)cc1. The molecule has 1 amide bonds. The molecule has 0 heterocycles. The predicted molar refractivity (Wildman–Crippen MR) is 127 cm³/mol. The molecule has 0 fully saturated rings. The molecule has 0 aromatic heterocycles. The third-order valence-corrected chi connectivity index (χ3v) is 7.05. The molecule has 168 valence electrons. The monoisotopic (exact) mass is 472 g/mol. The minimum atomic E-state index is -3.67. The Morgan fingerprint density at radius 2 is 1.59 bits per heavy atom. The molecule has 32 heavy (non-hydrogen) atoms. The van der Waals surface area contributed by atoms with Crippen molar-refractivity contribution in [3.63, 3.8) is 0 Å². The number of nitrogens with zero attached hydrogens (tertiary/aromatic N) is 1. The van der Waals surface area contributed by atoms with E-state index in [1.807, 2.05) is 26.0 Å². The Bertz CT molecular complexity index is 1160. The fourth-order valence-corrected chi connectivity index (χ4v) is 4.35. The lowest BCUT2D eigenvalue weighted by Gasteiger charge is -2.20. The summed E-state index contributed by atoms with van der Waals surface area (Å²) in [5.74, 6) is 0.194. The van der Waals surface area contributed by atoms with Crippen molar-refractivity contribution >= 4 is 33.2 Å². The highest BCUT2D eigenvalue weighted by Gasteiger charge is 2.21. The number of carbonyl (C=O) groups is 1. The average Bonchev–Trinajstić information content (AvgIpc) is 2.78. The number of sulfonamides is 1. The molecule has 1 N–H and O–H groups in total. The number of aryl methyl sites for hydroxylation is 1. The number of benzene rings is 3. The van der Waals surface area contributed by atoms with E-state index < -0.39 is 10.0 Å². The van der Waals surface area contributed by atoms with Crippen molar-refractivity contribution in [1.82, 2.24) is 5.32 Å². The maximum Gasteiger partial charge on any atom is 0.264 e. The van der Waals surface area contributed by atoms with E-state index in [1.165, 1.54) is 11.4 Å². The van der Waals surface area contributed by atoms with E-state index in [0.29, 0.717) is 16.5 Å². The molecule has 0 spiro atoms. The Balaban J connectivity index is 1.57. The van der Waals surface area contributed by atoms with Gasteiger partial charge in [0, 0.05) is 12.1 Å². The van der Waals surface area contributed by atoms with Gasteiger partial charge in [-0.05, 0) is 67.9 Å². The highest BCUT2D eigenvalue weighted by molar-refractivity contribution is 7.92. The average molecular weight is 473 g/mol. The number of hydrogen-bond acceptors (Lipinski definition) is 4. The molecule has 0 radical (unpaired) electrons. The van der Waals surface area contributed by atoms with Gasteiger partial charge in [-0.15, -0.1) is 0 Å². The molecule has 0 aliphatic rings. The first kappa shape index (κ1) is 23.6. The molecular formula is C24H25ClN2O4S. The Morgan fingerprint density at radius 3 is 2.19 bits per heavy atom. The maximum atomic E-state index is 12.8. The zero-order chi connectivity index (χ0) is 23.3. The van der Waals surface area contributed by atoms with E-state index in [2.05, 4.69) is 5.32 Å². The fourth-order valence-electron chi connectivity index (χ4n) is 3.03. The Morgan fingerprint density at radius 1 is 1.00 bits per heavy atom. The predicted octanol–water partition coefficient (Wildman–Crippen LogP) is 4.73. The normalized spacial score (nSPS) is 12.1. The largest absolute Gasteiger partial charge is 0.484 e. The number of nitrogens with one attached hydrogen (secondary N) is 1. The lowest BCUT2D eigenvalue weighted by Crippen LogP contribution is -2.31. The summed E-state index contributed by atoms with van der Waals surface area (Å²) in [6.45, 7) is 3.62. The smallest absolute Gasteiger partial charge is 0.264 e. The van der Waals surface area contributed by atoms with Crippen molar-refractivity contribution in [2.75, 3.05) is 18.0 Å². The summed E-state index contributed by atoms with van der Waals surface area (Å²) in [5.41, 5.74) is 2.41. The van der Waals surface area contributed by atoms with E-state index in [4.69, 9.17) is 16.3 Å². The summed E-state index contributed by atoms with van der Waals surface area (Å²) in [6, 6.07) is 20.3. The van der Waals surface area contributed by atoms with Crippen LogP contribution in [0.4, 0.5) is 5.69 Å². The van der Waals surface area contributed by atoms with Crippen molar-refractivity contribution in [3.05, 3.63) is 88.9 Å². The van der Waals surface area contributed by atoms with Crippen LogP contribution in [0.2, 0.25) is 5.02 Å². The van der Waals surface area contributed by atoms with Crippen molar-refractivity contribution in [2.45, 2.75) is 24.8 Å². The molecule has 1 atom stereocenters. The molecule has 0 aliphatic heterocycles. The molecule has 0 bridgehead atoms. The Hall–Kier alpha value is -3.03. The van der Waals surface area contributed by atoms with Gasteiger partial charge in [-0.3, -0.25) is 9.10 Å². The van der Waals surface area contributed by atoms with Gasteiger partial charge in [0.1, 0.15) is 5.75 Å². The zero-order valence-corrected chi connectivity index (χ0v) is 19.7. The summed E-state index contributed by atoms with van der Waals surface area (Å²) in [6.07, 6.45) is 0. The van der Waals surface area contributed by atoms with Crippen LogP contribution in [0.25, 0.3) is 0 Å². The van der Waals surface area contributed by atoms with Gasteiger partial charge in [-0.1, -0.05) is 41.4 Å². The van der Waals surface area contributed by atoms with Crippen LogP contribution in [-0.4, -0.2) is 28.0 Å². The minimum Gasteiger partial charge on any atom is -0.484 e. The van der Waals surface area contributed by atoms with Gasteiger partial charge < -0.3 is 10.1 Å². The zero-order valence-electron chi connectivity index (χ0n) is 18.1. The van der Waals surface area contributed by atoms with E-state index >= 15 is 0 Å². The highest BCUT2D eigenvalue weighted by Crippen LogP contribution is 2.24. The molecule has 3 rings (SSSR count). The van der Waals surface area contributed by atoms with Crippen LogP contribution in [0.15, 0.2) is 77.7 Å². The second-order valence-corrected chi connectivity index (χ2v) is 9.81. The lowest BCUT2D eigenvalue weighted by molar-refractivity contribution is -0.123. The van der Waals surface area contributed by atoms with Gasteiger partial charge in [0.2, 0.25) is 0 Å². The number of carbonyl (C=O) groups excluding carboxylic acids is 1. The summed E-state index contributed by atoms with van der Waals surface area (Å²) in [7, 11) is -2.17. The van der Waals surface area contributed by atoms with Gasteiger partial charge in [-0.25, -0.2) is 8.42 Å². The van der Waals surface area contributed by atoms with E-state index in [-0.39, 0.29) is 23.5 Å². The number of hydrogen-bond donors (Lipinski definition) is 1. The number of anilines is 1. The van der Waals surface area contributed by atoms with Crippen LogP contribution in [0.3, 0.4) is 0 Å². The van der Waals surface area contributed by atoms with Gasteiger partial charge >= 0.3 is 0 Å². The maximum absolute atomic E-state index is 12.8. The van der Waals surface area contributed by atoms with Crippen LogP contribution in [0, 0.1) is 6.92 Å². The number of halogens is 1. The van der Waals surface area contributed by atoms with Gasteiger partial charge in [-0.2, -0.15) is 0 Å². The molecule has 0 aliphatic carbocycles. The van der Waals surface area contributed by atoms with Crippen LogP contribution in [0.5, 0.6) is 5.75 Å². The highest BCUT2D eigenvalue weighted by atomic mass is 35.5. The molecule has 3 aromatic carbocycles. The Labute approximate surface area is 193 Å². The van der Waals surface area contributed by atoms with E-state index in [0.717, 1.165) is 11.1 Å². The van der Waals surface area contributed by atoms with Gasteiger partial charge in [0.25, 0.3) is 15.9 Å². The number of rotatable bonds is 8. The lowest BCUT2D eigenvalue weighted by atomic mass is 10.1. The summed E-state index contributed by atoms with van der Waals surface area (Å²) in [5, 5.41) is 3.50. The van der Waals surface area contributed by atoms with Crippen LogP contribution < -0.4 is 14.4 Å². The standard InChI is InChI=1S/C24H25ClN2O4S/c1-17-4-14-23(15-5-17)32(29,30)27(3)21-10-12-22(13-11-21)31-16-24(28)26-18(2)19-6-8-20(25)9-7-19/h4-15,18H,16H2,1-3H3,(H,26,28)/t18-/m1/s1. The Kier molecular flexibility index (Phi) is 7.43. The third kappa shape index (κ3) is 5.81. The van der Waals surface area contributed by atoms with E-state index in [9.17, 15) is 13.2 Å². The van der Waals surface area contributed by atoms with Crippen LogP contribution in [0.1, 0.15) is 24.1 Å². The van der Waals surface area contributed by atoms with Gasteiger partial charge in [0.05, 0.1) is 16.6 Å². The van der Waals surface area contributed by atoms with Crippen molar-refractivity contribution < 1.29 is 17.9 Å². The first-order valence-electron chi connectivity index (χ1n) is 10.00. The van der Waals surface area contributed by atoms with Crippen molar-refractivity contribution in [3.8, 4) is 5.75 Å². The van der Waals surface area contributed by atoms with Crippen LogP contribution in [-0.2, 0) is 14.8 Å². The molecule has 0 saturated heterocycles. The quantitative estimate of drug-likeness (QED) is 0.514. The summed E-state index contributed by atoms with van der Waals surface area (Å²) < 4.78 is 32.4. The second-order valence-electron chi connectivity index (χ2n) is 7.41. The molecule has 8 heteroatoms. The van der Waals surface area contributed by atoms with Crippen LogP contribution >= 0.6 is 11.6 Å². The van der Waals surface area contributed by atoms with E-state index in [1.54, 1.807) is 60.7 Å². The van der Waals surface area contributed by atoms with Crippen molar-refractivity contribution in [1.29, 1.82) is 0 Å². The topological polar surface area (TPSA) is 75.7 Å². The molecule has 0 unspecified atom stereocenters. The molecule has 3 aromatic rings.